The standard InChI is InChI=1S/C12H14O/c1-3-10(11-5-6-11)4-2-9(1)7-12-8-13-12/h1-4,11-12H,5-8H2. The summed E-state index contributed by atoms with van der Waals surface area (Å²) in [6, 6.07) is 9.09. The van der Waals surface area contributed by atoms with Crippen LogP contribution in [-0.4, -0.2) is 12.7 Å². The first-order chi connectivity index (χ1) is 6.42. The van der Waals surface area contributed by atoms with E-state index in [0.29, 0.717) is 6.10 Å². The Bertz CT molecular complexity index is 293. The second kappa shape index (κ2) is 2.85. The van der Waals surface area contributed by atoms with Gasteiger partial charge in [-0.05, 0) is 29.9 Å². The molecule has 1 saturated carbocycles. The summed E-state index contributed by atoms with van der Waals surface area (Å²) in [6.07, 6.45) is 4.41. The SMILES string of the molecule is c1cc(C2CC2)ccc1CC1CO1. The van der Waals surface area contributed by atoms with E-state index in [1.54, 1.807) is 0 Å². The van der Waals surface area contributed by atoms with Gasteiger partial charge in [0, 0.05) is 6.42 Å². The molecule has 1 aliphatic heterocycles. The highest BCUT2D eigenvalue weighted by atomic mass is 16.6. The molecule has 0 bridgehead atoms. The fraction of sp³-hybridized carbons (Fsp3) is 0.500. The molecular weight excluding hydrogens is 160 g/mol. The summed E-state index contributed by atoms with van der Waals surface area (Å²) in [4.78, 5) is 0. The van der Waals surface area contributed by atoms with Crippen LogP contribution in [0.1, 0.15) is 29.9 Å². The van der Waals surface area contributed by atoms with E-state index >= 15 is 0 Å². The molecule has 1 aromatic carbocycles. The van der Waals surface area contributed by atoms with Crippen molar-refractivity contribution in [3.05, 3.63) is 35.4 Å². The van der Waals surface area contributed by atoms with Crippen LogP contribution in [-0.2, 0) is 11.2 Å². The molecule has 0 spiro atoms. The second-order valence-electron chi connectivity index (χ2n) is 4.18. The van der Waals surface area contributed by atoms with Crippen LogP contribution in [0, 0.1) is 0 Å². The van der Waals surface area contributed by atoms with Crippen LogP contribution in [0.4, 0.5) is 0 Å². The maximum absolute atomic E-state index is 5.20. The van der Waals surface area contributed by atoms with Gasteiger partial charge in [-0.15, -0.1) is 0 Å². The van der Waals surface area contributed by atoms with Crippen LogP contribution in [0.15, 0.2) is 24.3 Å². The van der Waals surface area contributed by atoms with Crippen molar-refractivity contribution in [1.82, 2.24) is 0 Å². The lowest BCUT2D eigenvalue weighted by atomic mass is 10.1. The van der Waals surface area contributed by atoms with Crippen molar-refractivity contribution in [2.75, 3.05) is 6.61 Å². The average molecular weight is 174 g/mol. The molecular formula is C12H14O. The summed E-state index contributed by atoms with van der Waals surface area (Å²) in [5.41, 5.74) is 2.95. The molecule has 1 saturated heterocycles. The van der Waals surface area contributed by atoms with Crippen molar-refractivity contribution in [1.29, 1.82) is 0 Å². The Morgan fingerprint density at radius 1 is 1.15 bits per heavy atom. The van der Waals surface area contributed by atoms with Gasteiger partial charge in [-0.25, -0.2) is 0 Å². The van der Waals surface area contributed by atoms with Crippen molar-refractivity contribution in [2.45, 2.75) is 31.3 Å². The fourth-order valence-corrected chi connectivity index (χ4v) is 1.79. The number of hydrogen-bond donors (Lipinski definition) is 0. The van der Waals surface area contributed by atoms with Crippen molar-refractivity contribution >= 4 is 0 Å². The third-order valence-corrected chi connectivity index (χ3v) is 2.89. The Kier molecular flexibility index (Phi) is 1.66. The fourth-order valence-electron chi connectivity index (χ4n) is 1.79. The maximum Gasteiger partial charge on any atom is 0.0850 e. The van der Waals surface area contributed by atoms with Crippen LogP contribution in [0.2, 0.25) is 0 Å². The number of rotatable bonds is 3. The minimum absolute atomic E-state index is 0.520. The predicted octanol–water partition coefficient (Wildman–Crippen LogP) is 2.51. The molecule has 0 radical (unpaired) electrons. The molecule has 1 heteroatoms. The normalized spacial score (nSPS) is 26.0. The Labute approximate surface area is 78.7 Å². The van der Waals surface area contributed by atoms with Crippen LogP contribution >= 0.6 is 0 Å². The molecule has 1 unspecified atom stereocenters. The lowest BCUT2D eigenvalue weighted by molar-refractivity contribution is 0.407. The second-order valence-corrected chi connectivity index (χ2v) is 4.18. The van der Waals surface area contributed by atoms with Gasteiger partial charge in [0.25, 0.3) is 0 Å². The highest BCUT2D eigenvalue weighted by Crippen LogP contribution is 2.39. The van der Waals surface area contributed by atoms with Crippen molar-refractivity contribution < 1.29 is 4.74 Å². The molecule has 2 fully saturated rings. The van der Waals surface area contributed by atoms with Gasteiger partial charge in [0.1, 0.15) is 0 Å². The number of ether oxygens (including phenoxy) is 1. The van der Waals surface area contributed by atoms with Gasteiger partial charge in [0.15, 0.2) is 0 Å². The van der Waals surface area contributed by atoms with E-state index in [4.69, 9.17) is 4.74 Å². The van der Waals surface area contributed by atoms with Gasteiger partial charge < -0.3 is 4.74 Å². The molecule has 1 heterocycles. The molecule has 1 aromatic rings. The van der Waals surface area contributed by atoms with E-state index in [2.05, 4.69) is 24.3 Å². The first-order valence-electron chi connectivity index (χ1n) is 5.12. The summed E-state index contributed by atoms with van der Waals surface area (Å²) in [5, 5.41) is 0. The molecule has 2 aliphatic rings. The van der Waals surface area contributed by atoms with Crippen molar-refractivity contribution in [3.63, 3.8) is 0 Å². The zero-order valence-electron chi connectivity index (χ0n) is 7.70. The third-order valence-electron chi connectivity index (χ3n) is 2.89. The minimum atomic E-state index is 0.520. The molecule has 13 heavy (non-hydrogen) atoms. The Morgan fingerprint density at radius 2 is 1.85 bits per heavy atom. The van der Waals surface area contributed by atoms with Gasteiger partial charge in [-0.3, -0.25) is 0 Å². The van der Waals surface area contributed by atoms with Gasteiger partial charge in [-0.2, -0.15) is 0 Å². The quantitative estimate of drug-likeness (QED) is 0.641. The van der Waals surface area contributed by atoms with E-state index in [0.717, 1.165) is 18.9 Å². The van der Waals surface area contributed by atoms with Crippen LogP contribution < -0.4 is 0 Å². The zero-order chi connectivity index (χ0) is 8.67. The molecule has 1 nitrogen and oxygen atoms in total. The predicted molar refractivity (Wildman–Crippen MR) is 51.9 cm³/mol. The van der Waals surface area contributed by atoms with E-state index < -0.39 is 0 Å². The first kappa shape index (κ1) is 7.57. The lowest BCUT2D eigenvalue weighted by Gasteiger charge is -2.00. The van der Waals surface area contributed by atoms with E-state index in [-0.39, 0.29) is 0 Å². The lowest BCUT2D eigenvalue weighted by Crippen LogP contribution is -1.92. The van der Waals surface area contributed by atoms with Crippen LogP contribution in [0.25, 0.3) is 0 Å². The third kappa shape index (κ3) is 1.75. The van der Waals surface area contributed by atoms with Gasteiger partial charge in [0.05, 0.1) is 12.7 Å². The van der Waals surface area contributed by atoms with Crippen LogP contribution in [0.3, 0.4) is 0 Å². The highest BCUT2D eigenvalue weighted by Gasteiger charge is 2.24. The molecule has 68 valence electrons. The molecule has 3 rings (SSSR count). The average Bonchev–Trinajstić information content (AvgIpc) is 3.01. The van der Waals surface area contributed by atoms with E-state index in [1.807, 2.05) is 0 Å². The summed E-state index contributed by atoms with van der Waals surface area (Å²) in [5.74, 6) is 0.881. The Hall–Kier alpha value is -0.820. The van der Waals surface area contributed by atoms with Crippen LogP contribution in [0.5, 0.6) is 0 Å². The van der Waals surface area contributed by atoms with Crippen molar-refractivity contribution in [3.8, 4) is 0 Å². The summed E-state index contributed by atoms with van der Waals surface area (Å²) in [7, 11) is 0. The minimum Gasteiger partial charge on any atom is -0.373 e. The first-order valence-corrected chi connectivity index (χ1v) is 5.12. The molecule has 0 aromatic heterocycles. The monoisotopic (exact) mass is 174 g/mol. The molecule has 0 amide bonds. The van der Waals surface area contributed by atoms with Gasteiger partial charge >= 0.3 is 0 Å². The molecule has 1 atom stereocenters. The number of hydrogen-bond acceptors (Lipinski definition) is 1. The largest absolute Gasteiger partial charge is 0.373 e. The van der Waals surface area contributed by atoms with Gasteiger partial charge in [0.2, 0.25) is 0 Å². The summed E-state index contributed by atoms with van der Waals surface area (Å²) in [6.45, 7) is 0.963. The van der Waals surface area contributed by atoms with Gasteiger partial charge in [-0.1, -0.05) is 24.3 Å². The summed E-state index contributed by atoms with van der Waals surface area (Å²) >= 11 is 0. The van der Waals surface area contributed by atoms with E-state index in [1.165, 1.54) is 24.0 Å². The smallest absolute Gasteiger partial charge is 0.0850 e. The number of benzene rings is 1. The molecule has 1 aliphatic carbocycles. The number of epoxide rings is 1. The topological polar surface area (TPSA) is 12.5 Å². The van der Waals surface area contributed by atoms with Crippen molar-refractivity contribution in [2.24, 2.45) is 0 Å². The maximum atomic E-state index is 5.20. The summed E-state index contributed by atoms with van der Waals surface area (Å²) < 4.78 is 5.20. The Morgan fingerprint density at radius 3 is 2.38 bits per heavy atom. The van der Waals surface area contributed by atoms with E-state index in [9.17, 15) is 0 Å². The zero-order valence-corrected chi connectivity index (χ0v) is 7.70. The molecule has 0 N–H and O–H groups in total. The Balaban J connectivity index is 1.72. The highest BCUT2D eigenvalue weighted by molar-refractivity contribution is 5.28.